The Bertz CT molecular complexity index is 548. The summed E-state index contributed by atoms with van der Waals surface area (Å²) >= 11 is 0. The highest BCUT2D eigenvalue weighted by atomic mass is 32.2. The highest BCUT2D eigenvalue weighted by molar-refractivity contribution is 7.88. The van der Waals surface area contributed by atoms with Crippen LogP contribution in [0.4, 0.5) is 0 Å². The fourth-order valence-electron chi connectivity index (χ4n) is 2.49. The van der Waals surface area contributed by atoms with Crippen molar-refractivity contribution in [3.05, 3.63) is 18.7 Å². The lowest BCUT2D eigenvalue weighted by molar-refractivity contribution is -0.126. The average Bonchev–Trinajstić information content (AvgIpc) is 2.96. The summed E-state index contributed by atoms with van der Waals surface area (Å²) in [7, 11) is -3.13. The Hall–Kier alpha value is -1.41. The van der Waals surface area contributed by atoms with Gasteiger partial charge in [-0.3, -0.25) is 4.79 Å². The number of carbonyl (C=O) groups excluding carboxylic acids is 1. The topological polar surface area (TPSA) is 84.3 Å². The van der Waals surface area contributed by atoms with Crippen molar-refractivity contribution < 1.29 is 13.2 Å². The normalized spacial score (nSPS) is 17.8. The van der Waals surface area contributed by atoms with E-state index in [0.29, 0.717) is 32.5 Å². The van der Waals surface area contributed by atoms with Crippen LogP contribution in [-0.4, -0.2) is 54.1 Å². The van der Waals surface area contributed by atoms with E-state index in [-0.39, 0.29) is 11.8 Å². The molecular formula is C13H22N4O3S. The second kappa shape index (κ2) is 7.04. The zero-order chi connectivity index (χ0) is 15.3. The summed E-state index contributed by atoms with van der Waals surface area (Å²) in [5.41, 5.74) is 0. The lowest BCUT2D eigenvalue weighted by Gasteiger charge is -2.29. The van der Waals surface area contributed by atoms with E-state index in [1.54, 1.807) is 12.5 Å². The number of sulfonamides is 1. The van der Waals surface area contributed by atoms with Crippen LogP contribution in [0.5, 0.6) is 0 Å². The van der Waals surface area contributed by atoms with Gasteiger partial charge in [0.05, 0.1) is 12.6 Å². The summed E-state index contributed by atoms with van der Waals surface area (Å²) < 4.78 is 26.2. The Morgan fingerprint density at radius 1 is 1.38 bits per heavy atom. The van der Waals surface area contributed by atoms with Gasteiger partial charge in [0.25, 0.3) is 0 Å². The molecule has 1 fully saturated rings. The van der Waals surface area contributed by atoms with E-state index in [2.05, 4.69) is 10.3 Å². The maximum atomic E-state index is 12.0. The van der Waals surface area contributed by atoms with Gasteiger partial charge < -0.3 is 9.88 Å². The van der Waals surface area contributed by atoms with Gasteiger partial charge in [-0.1, -0.05) is 0 Å². The Morgan fingerprint density at radius 2 is 2.10 bits per heavy atom. The van der Waals surface area contributed by atoms with Crippen molar-refractivity contribution in [3.8, 4) is 0 Å². The van der Waals surface area contributed by atoms with Crippen LogP contribution in [0.1, 0.15) is 19.3 Å². The summed E-state index contributed by atoms with van der Waals surface area (Å²) in [6.45, 7) is 2.33. The monoisotopic (exact) mass is 314 g/mol. The molecule has 118 valence electrons. The van der Waals surface area contributed by atoms with Crippen LogP contribution in [0.2, 0.25) is 0 Å². The maximum Gasteiger partial charge on any atom is 0.223 e. The number of aryl methyl sites for hydroxylation is 1. The molecule has 1 N–H and O–H groups in total. The minimum Gasteiger partial charge on any atom is -0.356 e. The number of amides is 1. The quantitative estimate of drug-likeness (QED) is 0.753. The molecule has 0 spiro atoms. The summed E-state index contributed by atoms with van der Waals surface area (Å²) in [5.74, 6) is -0.0370. The Kier molecular flexibility index (Phi) is 5.35. The van der Waals surface area contributed by atoms with Crippen molar-refractivity contribution in [2.24, 2.45) is 5.92 Å². The molecule has 0 saturated carbocycles. The molecule has 1 aliphatic heterocycles. The van der Waals surface area contributed by atoms with E-state index >= 15 is 0 Å². The van der Waals surface area contributed by atoms with Gasteiger partial charge in [-0.05, 0) is 19.3 Å². The average molecular weight is 314 g/mol. The SMILES string of the molecule is CS(=O)(=O)N1CCC(C(=O)NCCCn2ccnc2)CC1. The van der Waals surface area contributed by atoms with Gasteiger partial charge in [0.1, 0.15) is 0 Å². The number of hydrogen-bond acceptors (Lipinski definition) is 4. The Morgan fingerprint density at radius 3 is 2.67 bits per heavy atom. The number of nitrogens with one attached hydrogen (secondary N) is 1. The summed E-state index contributed by atoms with van der Waals surface area (Å²) in [6.07, 6.45) is 8.63. The number of aromatic nitrogens is 2. The summed E-state index contributed by atoms with van der Waals surface area (Å²) in [4.78, 5) is 16.0. The van der Waals surface area contributed by atoms with Crippen LogP contribution in [0.3, 0.4) is 0 Å². The number of hydrogen-bond donors (Lipinski definition) is 1. The molecule has 0 atom stereocenters. The molecule has 1 aromatic heterocycles. The minimum atomic E-state index is -3.13. The van der Waals surface area contributed by atoms with Crippen LogP contribution in [-0.2, 0) is 21.4 Å². The molecule has 2 rings (SSSR count). The second-order valence-electron chi connectivity index (χ2n) is 5.38. The van der Waals surface area contributed by atoms with Crippen LogP contribution in [0, 0.1) is 5.92 Å². The molecule has 0 unspecified atom stereocenters. The zero-order valence-corrected chi connectivity index (χ0v) is 13.1. The molecule has 1 saturated heterocycles. The van der Waals surface area contributed by atoms with Crippen molar-refractivity contribution >= 4 is 15.9 Å². The summed E-state index contributed by atoms with van der Waals surface area (Å²) in [6, 6.07) is 0. The Balaban J connectivity index is 1.65. The smallest absolute Gasteiger partial charge is 0.223 e. The highest BCUT2D eigenvalue weighted by Crippen LogP contribution is 2.19. The van der Waals surface area contributed by atoms with E-state index in [9.17, 15) is 13.2 Å². The third kappa shape index (κ3) is 4.82. The van der Waals surface area contributed by atoms with Gasteiger partial charge in [0, 0.05) is 44.5 Å². The molecule has 7 nitrogen and oxygen atoms in total. The lowest BCUT2D eigenvalue weighted by Crippen LogP contribution is -2.42. The van der Waals surface area contributed by atoms with E-state index in [4.69, 9.17) is 0 Å². The Labute approximate surface area is 125 Å². The molecule has 1 aliphatic rings. The van der Waals surface area contributed by atoms with Gasteiger partial charge in [0.15, 0.2) is 0 Å². The predicted molar refractivity (Wildman–Crippen MR) is 79.0 cm³/mol. The number of rotatable bonds is 6. The van der Waals surface area contributed by atoms with Crippen LogP contribution in [0.15, 0.2) is 18.7 Å². The maximum absolute atomic E-state index is 12.0. The molecule has 8 heteroatoms. The number of piperidine rings is 1. The molecule has 1 aromatic rings. The molecule has 0 bridgehead atoms. The van der Waals surface area contributed by atoms with Crippen LogP contribution in [0.25, 0.3) is 0 Å². The first-order valence-electron chi connectivity index (χ1n) is 7.15. The zero-order valence-electron chi connectivity index (χ0n) is 12.2. The largest absolute Gasteiger partial charge is 0.356 e. The van der Waals surface area contributed by atoms with Crippen molar-refractivity contribution in [2.75, 3.05) is 25.9 Å². The van der Waals surface area contributed by atoms with Crippen molar-refractivity contribution in [3.63, 3.8) is 0 Å². The van der Waals surface area contributed by atoms with Gasteiger partial charge in [-0.2, -0.15) is 0 Å². The van der Waals surface area contributed by atoms with Crippen molar-refractivity contribution in [1.82, 2.24) is 19.2 Å². The van der Waals surface area contributed by atoms with Crippen molar-refractivity contribution in [1.29, 1.82) is 0 Å². The molecular weight excluding hydrogens is 292 g/mol. The number of nitrogens with zero attached hydrogens (tertiary/aromatic N) is 3. The van der Waals surface area contributed by atoms with Crippen LogP contribution >= 0.6 is 0 Å². The fourth-order valence-corrected chi connectivity index (χ4v) is 3.36. The molecule has 2 heterocycles. The standard InChI is InChI=1S/C13H22N4O3S/c1-21(19,20)17-8-3-12(4-9-17)13(18)15-5-2-7-16-10-6-14-11-16/h6,10-12H,2-5,7-9H2,1H3,(H,15,18). The lowest BCUT2D eigenvalue weighted by atomic mass is 9.97. The predicted octanol–water partition coefficient (Wildman–Crippen LogP) is 0.0610. The highest BCUT2D eigenvalue weighted by Gasteiger charge is 2.28. The molecule has 0 aromatic carbocycles. The second-order valence-corrected chi connectivity index (χ2v) is 7.36. The van der Waals surface area contributed by atoms with Crippen LogP contribution < -0.4 is 5.32 Å². The third-order valence-electron chi connectivity index (χ3n) is 3.75. The fraction of sp³-hybridized carbons (Fsp3) is 0.692. The van der Waals surface area contributed by atoms with E-state index in [0.717, 1.165) is 13.0 Å². The first-order chi connectivity index (χ1) is 9.97. The minimum absolute atomic E-state index is 0.0359. The molecule has 21 heavy (non-hydrogen) atoms. The van der Waals surface area contributed by atoms with Gasteiger partial charge in [-0.25, -0.2) is 17.7 Å². The van der Waals surface area contributed by atoms with Gasteiger partial charge >= 0.3 is 0 Å². The number of imidazole rings is 1. The first kappa shape index (κ1) is 16.0. The third-order valence-corrected chi connectivity index (χ3v) is 5.05. The van der Waals surface area contributed by atoms with E-state index in [1.807, 2.05) is 10.8 Å². The van der Waals surface area contributed by atoms with Gasteiger partial charge in [0.2, 0.25) is 15.9 Å². The molecule has 0 radical (unpaired) electrons. The molecule has 1 amide bonds. The summed E-state index contributed by atoms with van der Waals surface area (Å²) in [5, 5.41) is 2.93. The van der Waals surface area contributed by atoms with E-state index < -0.39 is 10.0 Å². The van der Waals surface area contributed by atoms with Gasteiger partial charge in [-0.15, -0.1) is 0 Å². The van der Waals surface area contributed by atoms with Crippen molar-refractivity contribution in [2.45, 2.75) is 25.8 Å². The molecule has 0 aliphatic carbocycles. The first-order valence-corrected chi connectivity index (χ1v) is 9.00. The number of carbonyl (C=O) groups is 1. The van der Waals surface area contributed by atoms with E-state index in [1.165, 1.54) is 10.6 Å².